The summed E-state index contributed by atoms with van der Waals surface area (Å²) in [4.78, 5) is 10.6. The van der Waals surface area contributed by atoms with E-state index in [0.29, 0.717) is 0 Å². The molecule has 0 N–H and O–H groups in total. The van der Waals surface area contributed by atoms with Crippen LogP contribution >= 0.6 is 0 Å². The molecule has 0 aliphatic carbocycles. The van der Waals surface area contributed by atoms with Crippen molar-refractivity contribution in [3.05, 3.63) is 164 Å². The molecule has 0 unspecified atom stereocenters. The van der Waals surface area contributed by atoms with E-state index in [1.54, 1.807) is 0 Å². The second kappa shape index (κ2) is 10.5. The number of aromatic nitrogens is 3. The van der Waals surface area contributed by atoms with Gasteiger partial charge in [-0.1, -0.05) is 109 Å². The topological polar surface area (TPSA) is 43.9 Å². The molecule has 4 heteroatoms. The summed E-state index contributed by atoms with van der Waals surface area (Å²) in [5.74, 6) is 0.809. The molecule has 0 saturated heterocycles. The van der Waals surface area contributed by atoms with Crippen molar-refractivity contribution in [2.45, 2.75) is 0 Å². The minimum Gasteiger partial charge on any atom is -0.456 e. The van der Waals surface area contributed by atoms with Crippen molar-refractivity contribution in [2.75, 3.05) is 0 Å². The van der Waals surface area contributed by atoms with Gasteiger partial charge in [0.15, 0.2) is 5.82 Å². The summed E-state index contributed by atoms with van der Waals surface area (Å²) in [6.07, 6.45) is 0. The summed E-state index contributed by atoms with van der Waals surface area (Å²) in [5, 5.41) is 4.59. The second-order valence-electron chi connectivity index (χ2n) is 12.2. The lowest BCUT2D eigenvalue weighted by Gasteiger charge is -2.14. The van der Waals surface area contributed by atoms with Gasteiger partial charge in [0.1, 0.15) is 16.9 Å². The first-order chi connectivity index (χ1) is 23.8. The van der Waals surface area contributed by atoms with Gasteiger partial charge < -0.3 is 4.42 Å². The van der Waals surface area contributed by atoms with Crippen molar-refractivity contribution in [1.82, 2.24) is 14.5 Å². The first kappa shape index (κ1) is 26.7. The molecule has 0 amide bonds. The summed E-state index contributed by atoms with van der Waals surface area (Å²) < 4.78 is 8.40. The van der Waals surface area contributed by atoms with Gasteiger partial charge in [-0.3, -0.25) is 4.57 Å². The fourth-order valence-electron chi connectivity index (χ4n) is 7.10. The normalized spacial score (nSPS) is 11.8. The monoisotopic (exact) mass is 613 g/mol. The van der Waals surface area contributed by atoms with Gasteiger partial charge in [0.25, 0.3) is 0 Å². The Balaban J connectivity index is 1.21. The lowest BCUT2D eigenvalue weighted by molar-refractivity contribution is 0.669. The number of fused-ring (bicyclic) bond motifs is 7. The van der Waals surface area contributed by atoms with Gasteiger partial charge in [-0.2, -0.15) is 0 Å². The van der Waals surface area contributed by atoms with Crippen LogP contribution in [-0.4, -0.2) is 14.5 Å². The molecule has 3 aromatic heterocycles. The summed E-state index contributed by atoms with van der Waals surface area (Å²) >= 11 is 0. The average molecular weight is 614 g/mol. The molecule has 0 radical (unpaired) electrons. The zero-order valence-corrected chi connectivity index (χ0v) is 25.8. The first-order valence-electron chi connectivity index (χ1n) is 16.2. The van der Waals surface area contributed by atoms with Crippen LogP contribution in [0.2, 0.25) is 0 Å². The van der Waals surface area contributed by atoms with E-state index in [4.69, 9.17) is 14.4 Å². The van der Waals surface area contributed by atoms with E-state index in [-0.39, 0.29) is 0 Å². The molecule has 10 rings (SSSR count). The maximum Gasteiger partial charge on any atom is 0.165 e. The predicted octanol–water partition coefficient (Wildman–Crippen LogP) is 11.6. The Hall–Kier alpha value is -6.52. The molecule has 0 aliphatic heterocycles. The van der Waals surface area contributed by atoms with Crippen molar-refractivity contribution in [3.8, 4) is 39.3 Å². The van der Waals surface area contributed by atoms with Crippen molar-refractivity contribution in [3.63, 3.8) is 0 Å². The van der Waals surface area contributed by atoms with Gasteiger partial charge in [-0.15, -0.1) is 0 Å². The Morgan fingerprint density at radius 3 is 1.85 bits per heavy atom. The molecule has 10 aromatic rings. The third-order valence-electron chi connectivity index (χ3n) is 9.39. The van der Waals surface area contributed by atoms with Crippen LogP contribution in [0.3, 0.4) is 0 Å². The standard InChI is InChI=1S/C44H27N3O/c1-2-11-28(12-3-1)29-13-10-14-32(25-29)43-44(46-38-18-7-6-17-37(38)45-43)47-39-19-8-4-15-33(39)35-26-30(21-23-40(35)47)31-22-24-42-36(27-31)34-16-5-9-20-41(34)48-42/h1-27H. The number of furan rings is 1. The van der Waals surface area contributed by atoms with E-state index in [9.17, 15) is 0 Å². The Kier molecular flexibility index (Phi) is 5.84. The van der Waals surface area contributed by atoms with Crippen LogP contribution in [0, 0.1) is 0 Å². The van der Waals surface area contributed by atoms with Crippen molar-refractivity contribution >= 4 is 54.8 Å². The second-order valence-corrected chi connectivity index (χ2v) is 12.2. The maximum absolute atomic E-state index is 6.12. The Morgan fingerprint density at radius 1 is 0.375 bits per heavy atom. The molecule has 4 nitrogen and oxygen atoms in total. The van der Waals surface area contributed by atoms with Gasteiger partial charge in [0.05, 0.1) is 22.1 Å². The predicted molar refractivity (Wildman–Crippen MR) is 197 cm³/mol. The van der Waals surface area contributed by atoms with Gasteiger partial charge in [0.2, 0.25) is 0 Å². The summed E-state index contributed by atoms with van der Waals surface area (Å²) in [6.45, 7) is 0. The number of hydrogen-bond donors (Lipinski definition) is 0. The Morgan fingerprint density at radius 2 is 0.979 bits per heavy atom. The maximum atomic E-state index is 6.12. The number of para-hydroxylation sites is 4. The van der Waals surface area contributed by atoms with Gasteiger partial charge >= 0.3 is 0 Å². The Bertz CT molecular complexity index is 2840. The fraction of sp³-hybridized carbons (Fsp3) is 0. The number of benzene rings is 7. The third kappa shape index (κ3) is 4.16. The van der Waals surface area contributed by atoms with Gasteiger partial charge in [0, 0.05) is 27.1 Å². The Labute approximate surface area is 276 Å². The van der Waals surface area contributed by atoms with E-state index in [1.807, 2.05) is 42.5 Å². The quantitative estimate of drug-likeness (QED) is 0.198. The molecule has 224 valence electrons. The number of nitrogens with zero attached hydrogens (tertiary/aromatic N) is 3. The van der Waals surface area contributed by atoms with Crippen molar-refractivity contribution in [1.29, 1.82) is 0 Å². The fourth-order valence-corrected chi connectivity index (χ4v) is 7.10. The lowest BCUT2D eigenvalue weighted by Crippen LogP contribution is -2.03. The summed E-state index contributed by atoms with van der Waals surface area (Å²) in [5.41, 5.74) is 12.2. The minimum atomic E-state index is 0.809. The van der Waals surface area contributed by atoms with Gasteiger partial charge in [-0.05, 0) is 76.9 Å². The highest BCUT2D eigenvalue weighted by molar-refractivity contribution is 6.11. The van der Waals surface area contributed by atoms with Gasteiger partial charge in [-0.25, -0.2) is 9.97 Å². The lowest BCUT2D eigenvalue weighted by atomic mass is 10.0. The van der Waals surface area contributed by atoms with Crippen LogP contribution in [-0.2, 0) is 0 Å². The first-order valence-corrected chi connectivity index (χ1v) is 16.2. The van der Waals surface area contributed by atoms with E-state index in [0.717, 1.165) is 77.8 Å². The summed E-state index contributed by atoms with van der Waals surface area (Å²) in [7, 11) is 0. The van der Waals surface area contributed by atoms with Crippen LogP contribution in [0.5, 0.6) is 0 Å². The molecule has 0 saturated carbocycles. The largest absolute Gasteiger partial charge is 0.456 e. The molecule has 0 bridgehead atoms. The SMILES string of the molecule is c1ccc(-c2cccc(-c3nc4ccccc4nc3-n3c4ccccc4c4cc(-c5ccc6oc7ccccc7c6c5)ccc43)c2)cc1. The van der Waals surface area contributed by atoms with Crippen LogP contribution in [0.4, 0.5) is 0 Å². The molecule has 3 heterocycles. The molecule has 7 aromatic carbocycles. The van der Waals surface area contributed by atoms with Crippen LogP contribution in [0.25, 0.3) is 94.1 Å². The van der Waals surface area contributed by atoms with E-state index in [2.05, 4.69) is 126 Å². The minimum absolute atomic E-state index is 0.809. The molecule has 0 aliphatic rings. The highest BCUT2D eigenvalue weighted by atomic mass is 16.3. The zero-order valence-electron chi connectivity index (χ0n) is 25.8. The average Bonchev–Trinajstić information content (AvgIpc) is 3.70. The van der Waals surface area contributed by atoms with Crippen molar-refractivity contribution in [2.24, 2.45) is 0 Å². The van der Waals surface area contributed by atoms with Crippen LogP contribution < -0.4 is 0 Å². The molecule has 48 heavy (non-hydrogen) atoms. The zero-order chi connectivity index (χ0) is 31.6. The smallest absolute Gasteiger partial charge is 0.165 e. The molecule has 0 spiro atoms. The highest BCUT2D eigenvalue weighted by Gasteiger charge is 2.20. The molecular formula is C44H27N3O. The number of hydrogen-bond acceptors (Lipinski definition) is 3. The molecule has 0 atom stereocenters. The molecular weight excluding hydrogens is 587 g/mol. The third-order valence-corrected chi connectivity index (χ3v) is 9.39. The van der Waals surface area contributed by atoms with E-state index >= 15 is 0 Å². The van der Waals surface area contributed by atoms with Crippen LogP contribution in [0.15, 0.2) is 168 Å². The van der Waals surface area contributed by atoms with E-state index < -0.39 is 0 Å². The molecule has 0 fully saturated rings. The summed E-state index contributed by atoms with van der Waals surface area (Å²) in [6, 6.07) is 57.3. The van der Waals surface area contributed by atoms with Crippen molar-refractivity contribution < 1.29 is 4.42 Å². The highest BCUT2D eigenvalue weighted by Crippen LogP contribution is 2.39. The van der Waals surface area contributed by atoms with Crippen LogP contribution in [0.1, 0.15) is 0 Å². The van der Waals surface area contributed by atoms with E-state index in [1.165, 1.54) is 16.3 Å². The number of rotatable bonds is 4.